The summed E-state index contributed by atoms with van der Waals surface area (Å²) in [5.41, 5.74) is 0. The van der Waals surface area contributed by atoms with E-state index >= 15 is 0 Å². The summed E-state index contributed by atoms with van der Waals surface area (Å²) in [4.78, 5) is 11.6. The summed E-state index contributed by atoms with van der Waals surface area (Å²) in [5, 5.41) is 6.21. The molecule has 3 unspecified atom stereocenters. The van der Waals surface area contributed by atoms with Gasteiger partial charge < -0.3 is 10.6 Å². The van der Waals surface area contributed by atoms with Crippen molar-refractivity contribution in [2.75, 3.05) is 19.3 Å². The first-order valence-electron chi connectivity index (χ1n) is 6.32. The molecule has 17 heavy (non-hydrogen) atoms. The van der Waals surface area contributed by atoms with Crippen molar-refractivity contribution >= 4 is 16.7 Å². The summed E-state index contributed by atoms with van der Waals surface area (Å²) in [6, 6.07) is -0.177. The van der Waals surface area contributed by atoms with Gasteiger partial charge in [-0.2, -0.15) is 0 Å². The zero-order chi connectivity index (χ0) is 13.3. The topological polar surface area (TPSA) is 58.2 Å². The van der Waals surface area contributed by atoms with Gasteiger partial charge in [0.25, 0.3) is 0 Å². The van der Waals surface area contributed by atoms with Crippen LogP contribution in [0.1, 0.15) is 40.0 Å². The fourth-order valence-corrected chi connectivity index (χ4v) is 1.75. The van der Waals surface area contributed by atoms with Crippen LogP contribution in [0.4, 0.5) is 0 Å². The second-order valence-electron chi connectivity index (χ2n) is 4.42. The van der Waals surface area contributed by atoms with Crippen LogP contribution in [-0.2, 0) is 15.6 Å². The van der Waals surface area contributed by atoms with E-state index in [0.717, 1.165) is 32.4 Å². The zero-order valence-electron chi connectivity index (χ0n) is 11.4. The van der Waals surface area contributed by atoms with Gasteiger partial charge in [-0.25, -0.2) is 0 Å². The average molecular weight is 262 g/mol. The lowest BCUT2D eigenvalue weighted by atomic mass is 10.2. The van der Waals surface area contributed by atoms with Crippen LogP contribution in [0.2, 0.25) is 0 Å². The Kier molecular flexibility index (Phi) is 9.36. The average Bonchev–Trinajstić information content (AvgIpc) is 2.28. The van der Waals surface area contributed by atoms with Crippen LogP contribution in [0.15, 0.2) is 0 Å². The maximum Gasteiger partial charge on any atom is 0.236 e. The number of unbranched alkanes of at least 4 members (excludes halogenated alkanes) is 1. The number of amides is 1. The van der Waals surface area contributed by atoms with Crippen LogP contribution in [0.25, 0.3) is 0 Å². The summed E-state index contributed by atoms with van der Waals surface area (Å²) in [5.74, 6) is 0.0451. The van der Waals surface area contributed by atoms with Crippen molar-refractivity contribution in [1.82, 2.24) is 10.6 Å². The van der Waals surface area contributed by atoms with E-state index in [2.05, 4.69) is 17.6 Å². The molecule has 0 aromatic rings. The molecule has 0 aromatic carbocycles. The molecule has 0 saturated carbocycles. The van der Waals surface area contributed by atoms with E-state index in [0.29, 0.717) is 0 Å². The van der Waals surface area contributed by atoms with Gasteiger partial charge in [0.1, 0.15) is 0 Å². The molecule has 0 radical (unpaired) electrons. The maximum atomic E-state index is 11.6. The van der Waals surface area contributed by atoms with Gasteiger partial charge in [0.2, 0.25) is 5.91 Å². The first-order valence-corrected chi connectivity index (χ1v) is 7.94. The number of rotatable bonds is 9. The van der Waals surface area contributed by atoms with Gasteiger partial charge in [-0.1, -0.05) is 20.3 Å². The Morgan fingerprint density at radius 2 is 1.94 bits per heavy atom. The van der Waals surface area contributed by atoms with E-state index in [1.54, 1.807) is 6.26 Å². The second-order valence-corrected chi connectivity index (χ2v) is 6.22. The smallest absolute Gasteiger partial charge is 0.236 e. The Balaban J connectivity index is 3.67. The highest BCUT2D eigenvalue weighted by Gasteiger charge is 2.12. The van der Waals surface area contributed by atoms with Crippen LogP contribution in [0.5, 0.6) is 0 Å². The van der Waals surface area contributed by atoms with E-state index in [9.17, 15) is 9.00 Å². The third kappa shape index (κ3) is 8.32. The minimum absolute atomic E-state index is 0.0451. The molecule has 0 aliphatic rings. The van der Waals surface area contributed by atoms with E-state index in [-0.39, 0.29) is 17.2 Å². The first-order chi connectivity index (χ1) is 7.99. The highest BCUT2D eigenvalue weighted by atomic mass is 32.2. The van der Waals surface area contributed by atoms with Crippen molar-refractivity contribution in [3.63, 3.8) is 0 Å². The third-order valence-electron chi connectivity index (χ3n) is 2.79. The summed E-state index contributed by atoms with van der Waals surface area (Å²) < 4.78 is 11.1. The largest absolute Gasteiger partial charge is 0.355 e. The van der Waals surface area contributed by atoms with Crippen LogP contribution < -0.4 is 10.6 Å². The molecule has 5 heteroatoms. The van der Waals surface area contributed by atoms with Gasteiger partial charge >= 0.3 is 0 Å². The maximum absolute atomic E-state index is 11.6. The van der Waals surface area contributed by atoms with E-state index < -0.39 is 10.8 Å². The van der Waals surface area contributed by atoms with E-state index in [1.165, 1.54) is 0 Å². The lowest BCUT2D eigenvalue weighted by molar-refractivity contribution is -0.122. The molecule has 0 aliphatic heterocycles. The molecule has 0 heterocycles. The van der Waals surface area contributed by atoms with Crippen LogP contribution >= 0.6 is 0 Å². The summed E-state index contributed by atoms with van der Waals surface area (Å²) >= 11 is 0. The summed E-state index contributed by atoms with van der Waals surface area (Å²) in [7, 11) is -0.782. The monoisotopic (exact) mass is 262 g/mol. The van der Waals surface area contributed by atoms with Crippen molar-refractivity contribution in [3.8, 4) is 0 Å². The summed E-state index contributed by atoms with van der Waals surface area (Å²) in [6.07, 6.45) is 4.65. The number of carbonyl (C=O) groups is 1. The lowest BCUT2D eigenvalue weighted by Crippen LogP contribution is -2.43. The minimum atomic E-state index is -0.782. The molecule has 0 fully saturated rings. The standard InChI is InChI=1S/C12H26N2O2S/c1-5-6-8-14-12(15)11(3)13-9-7-10(2)17(4)16/h10-11,13H,5-9H2,1-4H3,(H,14,15). The van der Waals surface area contributed by atoms with Gasteiger partial charge in [0, 0.05) is 28.9 Å². The third-order valence-corrected chi connectivity index (χ3v) is 4.16. The molecular weight excluding hydrogens is 236 g/mol. The van der Waals surface area contributed by atoms with Crippen molar-refractivity contribution in [2.24, 2.45) is 0 Å². The predicted octanol–water partition coefficient (Wildman–Crippen LogP) is 1.04. The zero-order valence-corrected chi connectivity index (χ0v) is 12.2. The van der Waals surface area contributed by atoms with Gasteiger partial charge in [-0.05, 0) is 26.3 Å². The quantitative estimate of drug-likeness (QED) is 0.610. The SMILES string of the molecule is CCCCNC(=O)C(C)NCCC(C)S(C)=O. The highest BCUT2D eigenvalue weighted by molar-refractivity contribution is 7.84. The first kappa shape index (κ1) is 16.6. The number of nitrogens with one attached hydrogen (secondary N) is 2. The second kappa shape index (κ2) is 9.59. The minimum Gasteiger partial charge on any atom is -0.355 e. The van der Waals surface area contributed by atoms with Crippen molar-refractivity contribution in [1.29, 1.82) is 0 Å². The molecule has 0 saturated heterocycles. The van der Waals surface area contributed by atoms with E-state index in [4.69, 9.17) is 0 Å². The lowest BCUT2D eigenvalue weighted by Gasteiger charge is -2.15. The normalized spacial score (nSPS) is 16.2. The van der Waals surface area contributed by atoms with Crippen molar-refractivity contribution in [2.45, 2.75) is 51.3 Å². The van der Waals surface area contributed by atoms with E-state index in [1.807, 2.05) is 13.8 Å². The Morgan fingerprint density at radius 1 is 1.29 bits per heavy atom. The van der Waals surface area contributed by atoms with Crippen LogP contribution in [-0.4, -0.2) is 40.8 Å². The molecule has 3 atom stereocenters. The van der Waals surface area contributed by atoms with Crippen molar-refractivity contribution in [3.05, 3.63) is 0 Å². The molecule has 2 N–H and O–H groups in total. The van der Waals surface area contributed by atoms with Gasteiger partial charge in [-0.15, -0.1) is 0 Å². The molecule has 0 bridgehead atoms. The predicted molar refractivity (Wildman–Crippen MR) is 73.5 cm³/mol. The molecule has 102 valence electrons. The molecule has 0 spiro atoms. The van der Waals surface area contributed by atoms with Gasteiger partial charge in [0.15, 0.2) is 0 Å². The van der Waals surface area contributed by atoms with Gasteiger partial charge in [0.05, 0.1) is 6.04 Å². The fourth-order valence-electron chi connectivity index (χ4n) is 1.30. The Bertz CT molecular complexity index is 247. The number of carbonyl (C=O) groups excluding carboxylic acids is 1. The Morgan fingerprint density at radius 3 is 2.47 bits per heavy atom. The molecular formula is C12H26N2O2S. The summed E-state index contributed by atoms with van der Waals surface area (Å²) in [6.45, 7) is 7.39. The fraction of sp³-hybridized carbons (Fsp3) is 0.917. The Hall–Kier alpha value is -0.420. The number of hydrogen-bond donors (Lipinski definition) is 2. The molecule has 0 rings (SSSR count). The molecule has 0 aromatic heterocycles. The van der Waals surface area contributed by atoms with Gasteiger partial charge in [-0.3, -0.25) is 9.00 Å². The molecule has 1 amide bonds. The van der Waals surface area contributed by atoms with Crippen LogP contribution in [0, 0.1) is 0 Å². The van der Waals surface area contributed by atoms with Crippen LogP contribution in [0.3, 0.4) is 0 Å². The molecule has 4 nitrogen and oxygen atoms in total. The van der Waals surface area contributed by atoms with Crippen molar-refractivity contribution < 1.29 is 9.00 Å². The molecule has 0 aliphatic carbocycles. The highest BCUT2D eigenvalue weighted by Crippen LogP contribution is 1.97. The Labute approximate surface area is 107 Å². The number of hydrogen-bond acceptors (Lipinski definition) is 3.